The molecule has 0 aromatic heterocycles. The largest absolute Gasteiger partial charge is 0.419 e. The number of halogens is 6. The summed E-state index contributed by atoms with van der Waals surface area (Å²) in [5, 5.41) is 9.86. The lowest BCUT2D eigenvalue weighted by Gasteiger charge is -2.16. The second kappa shape index (κ2) is 5.40. The van der Waals surface area contributed by atoms with Crippen molar-refractivity contribution in [3.8, 4) is 0 Å². The molecular formula is C14H8F6O. The standard InChI is InChI=1S/C14H8F6O/c15-9-5-4-7(6-8(9)14(18,19)20)13(21)12-10(16)2-1-3-11(12)17/h1-6,13,21H. The second-order valence-electron chi connectivity index (χ2n) is 4.27. The fourth-order valence-corrected chi connectivity index (χ4v) is 1.87. The molecular weight excluding hydrogens is 298 g/mol. The van der Waals surface area contributed by atoms with Gasteiger partial charge in [-0.05, 0) is 29.8 Å². The predicted octanol–water partition coefficient (Wildman–Crippen LogP) is 4.20. The van der Waals surface area contributed by atoms with Crippen LogP contribution in [0.1, 0.15) is 22.8 Å². The summed E-state index contributed by atoms with van der Waals surface area (Å²) < 4.78 is 77.9. The molecule has 1 atom stereocenters. The zero-order valence-corrected chi connectivity index (χ0v) is 10.3. The van der Waals surface area contributed by atoms with Gasteiger partial charge in [-0.25, -0.2) is 13.2 Å². The van der Waals surface area contributed by atoms with Crippen molar-refractivity contribution in [2.45, 2.75) is 12.3 Å². The molecule has 0 saturated carbocycles. The lowest BCUT2D eigenvalue weighted by atomic mass is 9.98. The Morgan fingerprint density at radius 1 is 0.857 bits per heavy atom. The van der Waals surface area contributed by atoms with Crippen LogP contribution in [0.5, 0.6) is 0 Å². The topological polar surface area (TPSA) is 20.2 Å². The molecule has 0 spiro atoms. The fourth-order valence-electron chi connectivity index (χ4n) is 1.87. The number of benzene rings is 2. The molecule has 0 fully saturated rings. The Morgan fingerprint density at radius 3 is 1.95 bits per heavy atom. The molecule has 0 bridgehead atoms. The van der Waals surface area contributed by atoms with E-state index in [1.54, 1.807) is 0 Å². The summed E-state index contributed by atoms with van der Waals surface area (Å²) in [4.78, 5) is 0. The SMILES string of the molecule is OC(c1ccc(F)c(C(F)(F)F)c1)c1c(F)cccc1F. The van der Waals surface area contributed by atoms with Crippen molar-refractivity contribution in [1.29, 1.82) is 0 Å². The molecule has 2 rings (SSSR count). The molecule has 21 heavy (non-hydrogen) atoms. The van der Waals surface area contributed by atoms with Gasteiger partial charge in [0.15, 0.2) is 0 Å². The maximum atomic E-state index is 13.5. The molecule has 1 nitrogen and oxygen atoms in total. The van der Waals surface area contributed by atoms with Crippen LogP contribution in [0.2, 0.25) is 0 Å². The molecule has 2 aromatic rings. The van der Waals surface area contributed by atoms with Gasteiger partial charge in [-0.1, -0.05) is 12.1 Å². The minimum atomic E-state index is -4.98. The predicted molar refractivity (Wildman–Crippen MR) is 61.8 cm³/mol. The van der Waals surface area contributed by atoms with Gasteiger partial charge in [0.25, 0.3) is 0 Å². The Balaban J connectivity index is 2.52. The molecule has 0 radical (unpaired) electrons. The molecule has 0 aliphatic carbocycles. The first-order valence-electron chi connectivity index (χ1n) is 5.70. The molecule has 0 aliphatic heterocycles. The number of alkyl halides is 3. The zero-order chi connectivity index (χ0) is 15.8. The molecule has 0 saturated heterocycles. The molecule has 2 aromatic carbocycles. The first-order chi connectivity index (χ1) is 9.71. The van der Waals surface area contributed by atoms with E-state index in [0.29, 0.717) is 12.1 Å². The van der Waals surface area contributed by atoms with E-state index >= 15 is 0 Å². The Kier molecular flexibility index (Phi) is 3.95. The van der Waals surface area contributed by atoms with Gasteiger partial charge >= 0.3 is 6.18 Å². The van der Waals surface area contributed by atoms with Crippen LogP contribution in [0, 0.1) is 17.5 Å². The van der Waals surface area contributed by atoms with E-state index in [-0.39, 0.29) is 0 Å². The van der Waals surface area contributed by atoms with Crippen LogP contribution in [-0.2, 0) is 6.18 Å². The van der Waals surface area contributed by atoms with Gasteiger partial charge in [0.1, 0.15) is 23.6 Å². The highest BCUT2D eigenvalue weighted by molar-refractivity contribution is 5.35. The Labute approximate surface area is 115 Å². The van der Waals surface area contributed by atoms with Crippen molar-refractivity contribution in [3.05, 3.63) is 70.5 Å². The highest BCUT2D eigenvalue weighted by Gasteiger charge is 2.35. The summed E-state index contributed by atoms with van der Waals surface area (Å²) >= 11 is 0. The summed E-state index contributed by atoms with van der Waals surface area (Å²) in [6, 6.07) is 4.41. The van der Waals surface area contributed by atoms with Crippen molar-refractivity contribution in [2.24, 2.45) is 0 Å². The number of hydrogen-bond donors (Lipinski definition) is 1. The van der Waals surface area contributed by atoms with Gasteiger partial charge in [-0.3, -0.25) is 0 Å². The maximum Gasteiger partial charge on any atom is 0.419 e. The van der Waals surface area contributed by atoms with Crippen molar-refractivity contribution in [2.75, 3.05) is 0 Å². The lowest BCUT2D eigenvalue weighted by Crippen LogP contribution is -2.11. The van der Waals surface area contributed by atoms with Crippen molar-refractivity contribution < 1.29 is 31.4 Å². The van der Waals surface area contributed by atoms with Crippen LogP contribution in [0.25, 0.3) is 0 Å². The Bertz CT molecular complexity index is 645. The van der Waals surface area contributed by atoms with Crippen molar-refractivity contribution in [1.82, 2.24) is 0 Å². The van der Waals surface area contributed by atoms with E-state index in [1.165, 1.54) is 0 Å². The second-order valence-corrected chi connectivity index (χ2v) is 4.27. The lowest BCUT2D eigenvalue weighted by molar-refractivity contribution is -0.140. The average Bonchev–Trinajstić information content (AvgIpc) is 2.37. The summed E-state index contributed by atoms with van der Waals surface area (Å²) in [7, 11) is 0. The van der Waals surface area contributed by atoms with Crippen LogP contribution < -0.4 is 0 Å². The van der Waals surface area contributed by atoms with Gasteiger partial charge in [0, 0.05) is 0 Å². The third-order valence-electron chi connectivity index (χ3n) is 2.88. The molecule has 1 N–H and O–H groups in total. The smallest absolute Gasteiger partial charge is 0.383 e. The zero-order valence-electron chi connectivity index (χ0n) is 10.3. The normalized spacial score (nSPS) is 13.3. The summed E-state index contributed by atoms with van der Waals surface area (Å²) in [5.41, 5.74) is -2.87. The summed E-state index contributed by atoms with van der Waals surface area (Å²) in [6.45, 7) is 0. The average molecular weight is 306 g/mol. The first kappa shape index (κ1) is 15.4. The summed E-state index contributed by atoms with van der Waals surface area (Å²) in [6.07, 6.45) is -6.96. The number of rotatable bonds is 2. The molecule has 7 heteroatoms. The van der Waals surface area contributed by atoms with E-state index in [1.807, 2.05) is 0 Å². The van der Waals surface area contributed by atoms with Crippen molar-refractivity contribution >= 4 is 0 Å². The summed E-state index contributed by atoms with van der Waals surface area (Å²) in [5.74, 6) is -3.76. The molecule has 0 aliphatic rings. The van der Waals surface area contributed by atoms with Gasteiger partial charge in [0.05, 0.1) is 11.1 Å². The van der Waals surface area contributed by atoms with Crippen LogP contribution in [-0.4, -0.2) is 5.11 Å². The third-order valence-corrected chi connectivity index (χ3v) is 2.88. The van der Waals surface area contributed by atoms with Gasteiger partial charge in [-0.15, -0.1) is 0 Å². The molecule has 0 heterocycles. The van der Waals surface area contributed by atoms with Gasteiger partial charge < -0.3 is 5.11 Å². The van der Waals surface area contributed by atoms with Crippen molar-refractivity contribution in [3.63, 3.8) is 0 Å². The van der Waals surface area contributed by atoms with E-state index in [2.05, 4.69) is 0 Å². The Morgan fingerprint density at radius 2 is 1.43 bits per heavy atom. The van der Waals surface area contributed by atoms with Gasteiger partial charge in [-0.2, -0.15) is 13.2 Å². The maximum absolute atomic E-state index is 13.5. The molecule has 0 amide bonds. The monoisotopic (exact) mass is 306 g/mol. The van der Waals surface area contributed by atoms with Gasteiger partial charge in [0.2, 0.25) is 0 Å². The number of aliphatic hydroxyl groups excluding tert-OH is 1. The highest BCUT2D eigenvalue weighted by atomic mass is 19.4. The first-order valence-corrected chi connectivity index (χ1v) is 5.70. The van der Waals surface area contributed by atoms with Crippen LogP contribution in [0.3, 0.4) is 0 Å². The van der Waals surface area contributed by atoms with Crippen LogP contribution in [0.4, 0.5) is 26.3 Å². The van der Waals surface area contributed by atoms with Crippen LogP contribution in [0.15, 0.2) is 36.4 Å². The third kappa shape index (κ3) is 3.02. The van der Waals surface area contributed by atoms with E-state index < -0.39 is 46.4 Å². The minimum absolute atomic E-state index is 0.325. The highest BCUT2D eigenvalue weighted by Crippen LogP contribution is 2.35. The molecule has 112 valence electrons. The number of hydrogen-bond acceptors (Lipinski definition) is 1. The number of aliphatic hydroxyl groups is 1. The van der Waals surface area contributed by atoms with E-state index in [4.69, 9.17) is 0 Å². The van der Waals surface area contributed by atoms with E-state index in [0.717, 1.165) is 24.3 Å². The molecule has 1 unspecified atom stereocenters. The minimum Gasteiger partial charge on any atom is -0.383 e. The quantitative estimate of drug-likeness (QED) is 0.824. The fraction of sp³-hybridized carbons (Fsp3) is 0.143. The van der Waals surface area contributed by atoms with E-state index in [9.17, 15) is 31.4 Å². The van der Waals surface area contributed by atoms with Crippen LogP contribution >= 0.6 is 0 Å². The Hall–Kier alpha value is -2.02.